The lowest BCUT2D eigenvalue weighted by Gasteiger charge is -2.57. The van der Waals surface area contributed by atoms with Gasteiger partial charge in [0.1, 0.15) is 10.8 Å². The van der Waals surface area contributed by atoms with Crippen LogP contribution in [0.25, 0.3) is 21.3 Å². The van der Waals surface area contributed by atoms with Crippen molar-refractivity contribution in [2.24, 2.45) is 23.2 Å². The van der Waals surface area contributed by atoms with Gasteiger partial charge in [0.25, 0.3) is 5.56 Å². The zero-order chi connectivity index (χ0) is 33.3. The molecule has 0 atom stereocenters. The molecule has 1 N–H and O–H groups in total. The summed E-state index contributed by atoms with van der Waals surface area (Å²) in [5, 5.41) is 11.1. The molecule has 248 valence electrons. The van der Waals surface area contributed by atoms with E-state index in [9.17, 15) is 19.5 Å². The number of rotatable bonds is 8. The summed E-state index contributed by atoms with van der Waals surface area (Å²) < 4.78 is 2.90. The lowest BCUT2D eigenvalue weighted by atomic mass is 9.49. The second-order valence-electron chi connectivity index (χ2n) is 15.0. The predicted molar refractivity (Wildman–Crippen MR) is 190 cm³/mol. The number of hydrogen-bond acceptors (Lipinski definition) is 7. The van der Waals surface area contributed by atoms with Gasteiger partial charge in [0, 0.05) is 48.6 Å². The third kappa shape index (κ3) is 5.58. The number of aromatic nitrogens is 3. The molecule has 10 rings (SSSR count). The maximum Gasteiger partial charge on any atom is 0.355 e. The number of fused-ring (bicyclic) bond motifs is 2. The number of thiazole rings is 1. The van der Waals surface area contributed by atoms with E-state index in [2.05, 4.69) is 20.9 Å². The van der Waals surface area contributed by atoms with Gasteiger partial charge in [-0.15, -0.1) is 11.3 Å². The lowest BCUT2D eigenvalue weighted by molar-refractivity contribution is -0.0623. The van der Waals surface area contributed by atoms with Gasteiger partial charge in [-0.2, -0.15) is 0 Å². The summed E-state index contributed by atoms with van der Waals surface area (Å²) in [6.45, 7) is 1.81. The third-order valence-corrected chi connectivity index (χ3v) is 12.6. The standard InChI is InChI=1S/C40H38N4O4S/c45-33(17-36-41-32-6-1-2-7-34(32)49-36)30-5-3-4-27-12-13-43(22-31(27)30)35-10-9-29(38(42-35)39(47)48)28-8-11-37(46)44(21-28)23-40-18-24-14-25(19-40)16-26(15-24)20-40/h1-11,21,24-26H,12-20,22-23H2,(H,47,48). The lowest BCUT2D eigenvalue weighted by Crippen LogP contribution is -2.48. The fourth-order valence-electron chi connectivity index (χ4n) is 9.95. The summed E-state index contributed by atoms with van der Waals surface area (Å²) >= 11 is 1.55. The molecule has 3 aromatic heterocycles. The maximum atomic E-state index is 13.6. The molecule has 0 spiro atoms. The van der Waals surface area contributed by atoms with Crippen LogP contribution in [0, 0.1) is 23.2 Å². The van der Waals surface area contributed by atoms with Crippen LogP contribution < -0.4 is 10.5 Å². The van der Waals surface area contributed by atoms with E-state index in [4.69, 9.17) is 0 Å². The van der Waals surface area contributed by atoms with Crippen molar-refractivity contribution < 1.29 is 14.7 Å². The van der Waals surface area contributed by atoms with Crippen LogP contribution >= 0.6 is 11.3 Å². The Bertz CT molecular complexity index is 2130. The molecule has 9 heteroatoms. The highest BCUT2D eigenvalue weighted by Crippen LogP contribution is 2.60. The zero-order valence-corrected chi connectivity index (χ0v) is 28.1. The summed E-state index contributed by atoms with van der Waals surface area (Å²) in [5.41, 5.74) is 4.95. The molecule has 5 aliphatic rings. The minimum atomic E-state index is -1.11. The van der Waals surface area contributed by atoms with E-state index in [-0.39, 0.29) is 28.9 Å². The fourth-order valence-corrected chi connectivity index (χ4v) is 10.9. The smallest absolute Gasteiger partial charge is 0.355 e. The van der Waals surface area contributed by atoms with Crippen LogP contribution in [0.3, 0.4) is 0 Å². The normalized spacial score (nSPS) is 23.9. The van der Waals surface area contributed by atoms with Crippen molar-refractivity contribution in [2.75, 3.05) is 11.4 Å². The monoisotopic (exact) mass is 670 g/mol. The highest BCUT2D eigenvalue weighted by Gasteiger charge is 2.51. The maximum absolute atomic E-state index is 13.6. The number of carbonyl (C=O) groups excluding carboxylic acids is 1. The number of carboxylic acid groups (broad SMARTS) is 1. The van der Waals surface area contributed by atoms with E-state index < -0.39 is 5.97 Å². The van der Waals surface area contributed by atoms with Crippen LogP contribution in [0.2, 0.25) is 0 Å². The Balaban J connectivity index is 0.981. The van der Waals surface area contributed by atoms with E-state index in [1.165, 1.54) is 38.5 Å². The first-order chi connectivity index (χ1) is 23.8. The molecule has 49 heavy (non-hydrogen) atoms. The second kappa shape index (κ2) is 11.8. The van der Waals surface area contributed by atoms with Gasteiger partial charge in [0.15, 0.2) is 11.5 Å². The van der Waals surface area contributed by atoms with Gasteiger partial charge < -0.3 is 14.6 Å². The van der Waals surface area contributed by atoms with E-state index in [1.54, 1.807) is 23.5 Å². The Hall–Kier alpha value is -4.63. The molecule has 0 amide bonds. The minimum absolute atomic E-state index is 0.0240. The number of para-hydroxylation sites is 1. The Labute approximate surface area is 288 Å². The topological polar surface area (TPSA) is 105 Å². The van der Waals surface area contributed by atoms with Crippen molar-refractivity contribution in [3.63, 3.8) is 0 Å². The van der Waals surface area contributed by atoms with Crippen LogP contribution in [0.1, 0.15) is 75.5 Å². The number of anilines is 1. The Morgan fingerprint density at radius 2 is 1.67 bits per heavy atom. The first-order valence-corrected chi connectivity index (χ1v) is 18.3. The highest BCUT2D eigenvalue weighted by atomic mass is 32.1. The molecule has 1 aliphatic heterocycles. The molecule has 4 fully saturated rings. The molecule has 4 heterocycles. The van der Waals surface area contributed by atoms with Gasteiger partial charge in [-0.1, -0.05) is 30.3 Å². The number of ketones is 1. The summed E-state index contributed by atoms with van der Waals surface area (Å²) in [4.78, 5) is 50.8. The van der Waals surface area contributed by atoms with Gasteiger partial charge in [-0.05, 0) is 110 Å². The van der Waals surface area contributed by atoms with Crippen molar-refractivity contribution in [3.05, 3.63) is 111 Å². The molecule has 4 saturated carbocycles. The zero-order valence-electron chi connectivity index (χ0n) is 27.3. The molecule has 4 aliphatic carbocycles. The summed E-state index contributed by atoms with van der Waals surface area (Å²) in [6, 6.07) is 20.8. The number of benzene rings is 2. The van der Waals surface area contributed by atoms with Crippen molar-refractivity contribution >= 4 is 39.1 Å². The summed E-state index contributed by atoms with van der Waals surface area (Å²) in [5.74, 6) is 1.83. The van der Waals surface area contributed by atoms with Crippen molar-refractivity contribution in [3.8, 4) is 11.1 Å². The number of carboxylic acids is 1. The largest absolute Gasteiger partial charge is 0.476 e. The van der Waals surface area contributed by atoms with Crippen molar-refractivity contribution in [1.82, 2.24) is 14.5 Å². The number of pyridine rings is 2. The number of nitrogens with zero attached hydrogens (tertiary/aromatic N) is 4. The minimum Gasteiger partial charge on any atom is -0.476 e. The number of carbonyl (C=O) groups is 2. The van der Waals surface area contributed by atoms with Crippen LogP contribution in [0.5, 0.6) is 0 Å². The van der Waals surface area contributed by atoms with Crippen LogP contribution in [0.15, 0.2) is 77.7 Å². The van der Waals surface area contributed by atoms with Crippen LogP contribution in [-0.2, 0) is 25.9 Å². The number of hydrogen-bond donors (Lipinski definition) is 1. The van der Waals surface area contributed by atoms with Gasteiger partial charge in [0.05, 0.1) is 16.6 Å². The average Bonchev–Trinajstić information content (AvgIpc) is 3.50. The van der Waals surface area contributed by atoms with Crippen LogP contribution in [-0.4, -0.2) is 37.9 Å². The van der Waals surface area contributed by atoms with Crippen molar-refractivity contribution in [2.45, 2.75) is 64.5 Å². The molecular weight excluding hydrogens is 633 g/mol. The molecular formula is C40H38N4O4S. The quantitative estimate of drug-likeness (QED) is 0.171. The van der Waals surface area contributed by atoms with Gasteiger partial charge in [0.2, 0.25) is 0 Å². The summed E-state index contributed by atoms with van der Waals surface area (Å²) in [7, 11) is 0. The first kappa shape index (κ1) is 30.4. The molecule has 0 saturated heterocycles. The number of Topliss-reactive ketones (excluding diaryl/α,β-unsaturated/α-hetero) is 1. The number of aromatic carboxylic acids is 1. The van der Waals surface area contributed by atoms with E-state index in [0.717, 1.165) is 50.5 Å². The fraction of sp³-hybridized carbons (Fsp3) is 0.375. The predicted octanol–water partition coefficient (Wildman–Crippen LogP) is 7.42. The average molecular weight is 671 g/mol. The van der Waals surface area contributed by atoms with Gasteiger partial charge in [-0.3, -0.25) is 9.59 Å². The molecule has 0 radical (unpaired) electrons. The first-order valence-electron chi connectivity index (χ1n) is 17.5. The molecule has 8 nitrogen and oxygen atoms in total. The second-order valence-corrected chi connectivity index (χ2v) is 16.1. The third-order valence-electron chi connectivity index (χ3n) is 11.6. The molecule has 5 aromatic rings. The van der Waals surface area contributed by atoms with E-state index in [1.807, 2.05) is 59.3 Å². The summed E-state index contributed by atoms with van der Waals surface area (Å²) in [6.07, 6.45) is 10.4. The van der Waals surface area contributed by atoms with Gasteiger partial charge in [-0.25, -0.2) is 14.8 Å². The van der Waals surface area contributed by atoms with Crippen molar-refractivity contribution in [1.29, 1.82) is 0 Å². The van der Waals surface area contributed by atoms with E-state index in [0.29, 0.717) is 42.1 Å². The molecule has 0 unspecified atom stereocenters. The Morgan fingerprint density at radius 3 is 2.43 bits per heavy atom. The molecule has 4 bridgehead atoms. The van der Waals surface area contributed by atoms with Gasteiger partial charge >= 0.3 is 5.97 Å². The Morgan fingerprint density at radius 1 is 0.898 bits per heavy atom. The van der Waals surface area contributed by atoms with Crippen LogP contribution in [0.4, 0.5) is 5.82 Å². The highest BCUT2D eigenvalue weighted by molar-refractivity contribution is 7.18. The Kier molecular flexibility index (Phi) is 7.30. The van der Waals surface area contributed by atoms with E-state index >= 15 is 0 Å². The molecule has 2 aromatic carbocycles. The SMILES string of the molecule is O=C(Cc1nc2ccccc2s1)c1cccc2c1CN(c1ccc(-c3ccc(=O)n(CC45CC6CC(CC(C6)C4)C5)c3)c(C(=O)O)n1)CC2.